The van der Waals surface area contributed by atoms with E-state index in [1.54, 1.807) is 25.4 Å². The molecule has 14 heavy (non-hydrogen) atoms. The van der Waals surface area contributed by atoms with Crippen LogP contribution in [0.4, 0.5) is 5.69 Å². The number of nitrogens with zero attached hydrogens (tertiary/aromatic N) is 2. The molecule has 0 saturated heterocycles. The molecule has 0 aliphatic heterocycles. The summed E-state index contributed by atoms with van der Waals surface area (Å²) in [5, 5.41) is 2.90. The fraction of sp³-hybridized carbons (Fsp3) is 0.400. The van der Waals surface area contributed by atoms with Crippen molar-refractivity contribution < 1.29 is 4.79 Å². The van der Waals surface area contributed by atoms with Gasteiger partial charge in [-0.05, 0) is 33.3 Å². The fourth-order valence-corrected chi connectivity index (χ4v) is 0.623. The lowest BCUT2D eigenvalue weighted by Crippen LogP contribution is -1.99. The number of anilines is 1. The van der Waals surface area contributed by atoms with E-state index in [1.165, 1.54) is 0 Å². The second kappa shape index (κ2) is 7.03. The maximum absolute atomic E-state index is 10.1. The molecule has 4 nitrogen and oxygen atoms in total. The largest absolute Gasteiger partial charge is 0.387 e. The average molecular weight is 195 g/mol. The predicted octanol–water partition coefficient (Wildman–Crippen LogP) is 1.11. The quantitative estimate of drug-likeness (QED) is 0.718. The van der Waals surface area contributed by atoms with Gasteiger partial charge in [0.2, 0.25) is 0 Å². The van der Waals surface area contributed by atoms with Crippen molar-refractivity contribution in [3.63, 3.8) is 0 Å². The van der Waals surface area contributed by atoms with E-state index in [2.05, 4.69) is 10.3 Å². The van der Waals surface area contributed by atoms with Crippen molar-refractivity contribution >= 4 is 12.0 Å². The highest BCUT2D eigenvalue weighted by Gasteiger charge is 1.89. The summed E-state index contributed by atoms with van der Waals surface area (Å²) in [6.45, 7) is 0. The molecule has 0 atom stereocenters. The van der Waals surface area contributed by atoms with Crippen LogP contribution < -0.4 is 5.32 Å². The van der Waals surface area contributed by atoms with Gasteiger partial charge in [0, 0.05) is 7.05 Å². The molecule has 78 valence electrons. The molecule has 0 amide bonds. The second-order valence-electron chi connectivity index (χ2n) is 3.18. The van der Waals surface area contributed by atoms with Crippen LogP contribution in [-0.2, 0) is 0 Å². The van der Waals surface area contributed by atoms with Gasteiger partial charge >= 0.3 is 0 Å². The number of pyridine rings is 1. The molecule has 0 aromatic carbocycles. The summed E-state index contributed by atoms with van der Waals surface area (Å²) in [5.41, 5.74) is 1.37. The maximum Gasteiger partial charge on any atom is 0.168 e. The zero-order valence-electron chi connectivity index (χ0n) is 9.11. The van der Waals surface area contributed by atoms with Crippen molar-refractivity contribution in [2.75, 3.05) is 33.5 Å². The maximum atomic E-state index is 10.1. The molecule has 1 aromatic rings. The lowest BCUT2D eigenvalue weighted by atomic mass is 10.3. The molecule has 0 bridgehead atoms. The summed E-state index contributed by atoms with van der Waals surface area (Å²) >= 11 is 0. The van der Waals surface area contributed by atoms with Gasteiger partial charge in [-0.15, -0.1) is 0 Å². The van der Waals surface area contributed by atoms with E-state index in [-0.39, 0.29) is 0 Å². The average Bonchev–Trinajstić information content (AvgIpc) is 2.17. The number of aldehydes is 1. The van der Waals surface area contributed by atoms with E-state index in [0.29, 0.717) is 5.69 Å². The monoisotopic (exact) mass is 195 g/mol. The van der Waals surface area contributed by atoms with E-state index in [1.807, 2.05) is 26.0 Å². The Balaban J connectivity index is 0.000000364. The van der Waals surface area contributed by atoms with Gasteiger partial charge in [-0.25, -0.2) is 0 Å². The third-order valence-electron chi connectivity index (χ3n) is 1.20. The summed E-state index contributed by atoms with van der Waals surface area (Å²) in [7, 11) is 7.80. The van der Waals surface area contributed by atoms with Gasteiger partial charge in [-0.1, -0.05) is 0 Å². The highest BCUT2D eigenvalue weighted by molar-refractivity contribution is 5.72. The van der Waals surface area contributed by atoms with Gasteiger partial charge in [-0.2, -0.15) is 0 Å². The normalized spacial score (nSPS) is 8.93. The number of hydrogen-bond acceptors (Lipinski definition) is 4. The van der Waals surface area contributed by atoms with Crippen LogP contribution in [0, 0.1) is 0 Å². The Morgan fingerprint density at radius 2 is 1.93 bits per heavy atom. The van der Waals surface area contributed by atoms with Crippen molar-refractivity contribution in [2.24, 2.45) is 0 Å². The zero-order chi connectivity index (χ0) is 11.0. The minimum atomic E-state index is 0.457. The van der Waals surface area contributed by atoms with Crippen LogP contribution in [0.5, 0.6) is 0 Å². The molecule has 0 radical (unpaired) electrons. The van der Waals surface area contributed by atoms with Crippen LogP contribution in [-0.4, -0.2) is 44.4 Å². The molecule has 1 rings (SSSR count). The van der Waals surface area contributed by atoms with Crippen molar-refractivity contribution in [2.45, 2.75) is 0 Å². The number of aromatic nitrogens is 1. The van der Waals surface area contributed by atoms with Crippen LogP contribution in [0.2, 0.25) is 0 Å². The van der Waals surface area contributed by atoms with E-state index in [0.717, 1.165) is 12.0 Å². The van der Waals surface area contributed by atoms with Crippen LogP contribution in [0.15, 0.2) is 18.3 Å². The molecule has 0 aliphatic rings. The Morgan fingerprint density at radius 1 is 1.36 bits per heavy atom. The minimum Gasteiger partial charge on any atom is -0.387 e. The number of carbonyl (C=O) groups excluding carboxylic acids is 1. The second-order valence-corrected chi connectivity index (χ2v) is 3.18. The zero-order valence-corrected chi connectivity index (χ0v) is 9.11. The van der Waals surface area contributed by atoms with Crippen LogP contribution in [0.1, 0.15) is 10.5 Å². The van der Waals surface area contributed by atoms with Gasteiger partial charge in [0.15, 0.2) is 6.29 Å². The van der Waals surface area contributed by atoms with Gasteiger partial charge in [-0.3, -0.25) is 9.78 Å². The Kier molecular flexibility index (Phi) is 6.32. The molecule has 4 heteroatoms. The number of rotatable bonds is 2. The standard InChI is InChI=1S/C7H8N2O.C3H9N/c1-8-6-2-3-7(5-10)9-4-6;1-4(2)3/h2-5,8H,1H3;1-3H3. The fourth-order valence-electron chi connectivity index (χ4n) is 0.623. The van der Waals surface area contributed by atoms with E-state index in [4.69, 9.17) is 0 Å². The first-order valence-electron chi connectivity index (χ1n) is 4.30. The lowest BCUT2D eigenvalue weighted by Gasteiger charge is -1.96. The Labute approximate surface area is 85.0 Å². The molecule has 0 unspecified atom stereocenters. The summed E-state index contributed by atoms with van der Waals surface area (Å²) in [4.78, 5) is 16.0. The molecule has 1 N–H and O–H groups in total. The Hall–Kier alpha value is -1.42. The topological polar surface area (TPSA) is 45.2 Å². The molecule has 0 saturated carbocycles. The lowest BCUT2D eigenvalue weighted by molar-refractivity contribution is 0.111. The summed E-state index contributed by atoms with van der Waals surface area (Å²) < 4.78 is 0. The third kappa shape index (κ3) is 6.14. The van der Waals surface area contributed by atoms with E-state index in [9.17, 15) is 4.79 Å². The van der Waals surface area contributed by atoms with Gasteiger partial charge < -0.3 is 10.2 Å². The molecule has 1 heterocycles. The van der Waals surface area contributed by atoms with Crippen molar-refractivity contribution in [3.8, 4) is 0 Å². The Morgan fingerprint density at radius 3 is 2.21 bits per heavy atom. The van der Waals surface area contributed by atoms with Gasteiger partial charge in [0.25, 0.3) is 0 Å². The van der Waals surface area contributed by atoms with E-state index < -0.39 is 0 Å². The molecule has 0 spiro atoms. The predicted molar refractivity (Wildman–Crippen MR) is 58.8 cm³/mol. The first-order valence-corrected chi connectivity index (χ1v) is 4.30. The highest BCUT2D eigenvalue weighted by Crippen LogP contribution is 2.02. The molecular weight excluding hydrogens is 178 g/mol. The third-order valence-corrected chi connectivity index (χ3v) is 1.20. The summed E-state index contributed by atoms with van der Waals surface area (Å²) in [5.74, 6) is 0. The summed E-state index contributed by atoms with van der Waals surface area (Å²) in [6.07, 6.45) is 2.34. The SMILES string of the molecule is CN(C)C.CNc1ccc(C=O)nc1. The first kappa shape index (κ1) is 12.6. The van der Waals surface area contributed by atoms with Gasteiger partial charge in [0.1, 0.15) is 5.69 Å². The van der Waals surface area contributed by atoms with Crippen molar-refractivity contribution in [1.29, 1.82) is 0 Å². The van der Waals surface area contributed by atoms with Crippen LogP contribution in [0.3, 0.4) is 0 Å². The molecular formula is C10H17N3O. The van der Waals surface area contributed by atoms with E-state index >= 15 is 0 Å². The number of hydrogen-bond donors (Lipinski definition) is 1. The number of carbonyl (C=O) groups is 1. The molecule has 0 aliphatic carbocycles. The van der Waals surface area contributed by atoms with Crippen molar-refractivity contribution in [3.05, 3.63) is 24.0 Å². The Bertz CT molecular complexity index is 254. The minimum absolute atomic E-state index is 0.457. The van der Waals surface area contributed by atoms with Crippen LogP contribution in [0.25, 0.3) is 0 Å². The molecule has 1 aromatic heterocycles. The highest BCUT2D eigenvalue weighted by atomic mass is 16.1. The summed E-state index contributed by atoms with van der Waals surface area (Å²) in [6, 6.07) is 3.47. The van der Waals surface area contributed by atoms with Crippen molar-refractivity contribution in [1.82, 2.24) is 9.88 Å². The van der Waals surface area contributed by atoms with Crippen LogP contribution >= 0.6 is 0 Å². The van der Waals surface area contributed by atoms with Gasteiger partial charge in [0.05, 0.1) is 11.9 Å². The number of nitrogens with one attached hydrogen (secondary N) is 1. The smallest absolute Gasteiger partial charge is 0.168 e. The first-order chi connectivity index (χ1) is 6.60. The molecule has 0 fully saturated rings.